The van der Waals surface area contributed by atoms with Gasteiger partial charge >= 0.3 is 0 Å². The lowest BCUT2D eigenvalue weighted by Gasteiger charge is -2.30. The molecule has 1 aromatic carbocycles. The number of sulfonamides is 1. The zero-order valence-electron chi connectivity index (χ0n) is 16.7. The second kappa shape index (κ2) is 9.89. The van der Waals surface area contributed by atoms with E-state index in [2.05, 4.69) is 5.32 Å². The minimum atomic E-state index is -3.48. The first-order valence-corrected chi connectivity index (χ1v) is 11.5. The fourth-order valence-electron chi connectivity index (χ4n) is 3.43. The van der Waals surface area contributed by atoms with Gasteiger partial charge in [0, 0.05) is 36.9 Å². The number of nitrogens with one attached hydrogen (secondary N) is 1. The van der Waals surface area contributed by atoms with Gasteiger partial charge in [-0.1, -0.05) is 30.3 Å². The first-order valence-electron chi connectivity index (χ1n) is 10.00. The predicted octanol–water partition coefficient (Wildman–Crippen LogP) is 3.43. The molecule has 1 aliphatic heterocycles. The Bertz CT molecular complexity index is 900. The zero-order valence-corrected chi connectivity index (χ0v) is 17.5. The Morgan fingerprint density at radius 3 is 2.59 bits per heavy atom. The number of carbonyl (C=O) groups is 1. The van der Waals surface area contributed by atoms with Gasteiger partial charge in [-0.25, -0.2) is 8.42 Å². The van der Waals surface area contributed by atoms with Crippen LogP contribution in [0, 0.1) is 5.92 Å². The van der Waals surface area contributed by atoms with Crippen LogP contribution in [0.1, 0.15) is 37.5 Å². The molecule has 2 heterocycles. The Kier molecular flexibility index (Phi) is 7.28. The number of piperidine rings is 1. The van der Waals surface area contributed by atoms with Gasteiger partial charge in [-0.05, 0) is 50.0 Å². The normalized spacial score (nSPS) is 17.4. The van der Waals surface area contributed by atoms with Crippen molar-refractivity contribution in [1.29, 1.82) is 0 Å². The maximum atomic E-state index is 12.5. The minimum Gasteiger partial charge on any atom is -0.469 e. The summed E-state index contributed by atoms with van der Waals surface area (Å²) in [6.07, 6.45) is 5.91. The maximum absolute atomic E-state index is 12.5. The van der Waals surface area contributed by atoms with Crippen molar-refractivity contribution in [2.24, 2.45) is 5.92 Å². The molecule has 0 bridgehead atoms. The lowest BCUT2D eigenvalue weighted by Crippen LogP contribution is -2.44. The molecule has 1 saturated heterocycles. The van der Waals surface area contributed by atoms with Crippen molar-refractivity contribution in [3.8, 4) is 0 Å². The Hall–Kier alpha value is -2.38. The van der Waals surface area contributed by atoms with Crippen molar-refractivity contribution in [3.05, 3.63) is 65.5 Å². The summed E-state index contributed by atoms with van der Waals surface area (Å²) in [5.41, 5.74) is 0.842. The molecule has 1 atom stereocenters. The van der Waals surface area contributed by atoms with E-state index in [-0.39, 0.29) is 17.9 Å². The Balaban J connectivity index is 1.45. The van der Waals surface area contributed by atoms with Crippen LogP contribution >= 0.6 is 0 Å². The van der Waals surface area contributed by atoms with Crippen molar-refractivity contribution < 1.29 is 17.6 Å². The van der Waals surface area contributed by atoms with Gasteiger partial charge < -0.3 is 9.73 Å². The molecule has 1 aromatic heterocycles. The van der Waals surface area contributed by atoms with Gasteiger partial charge in [0.05, 0.1) is 6.26 Å². The van der Waals surface area contributed by atoms with E-state index in [0.29, 0.717) is 25.9 Å². The van der Waals surface area contributed by atoms with E-state index in [1.807, 2.05) is 49.4 Å². The van der Waals surface area contributed by atoms with E-state index >= 15 is 0 Å². The van der Waals surface area contributed by atoms with Crippen molar-refractivity contribution >= 4 is 22.0 Å². The van der Waals surface area contributed by atoms with E-state index in [9.17, 15) is 13.2 Å². The standard InChI is InChI=1S/C22H28N2O4S/c1-18(9-10-21-8-5-16-28-21)23-22(25)20-11-14-24(15-12-20)29(26,27)17-13-19-6-3-2-4-7-19/h2-8,13,16-18,20H,9-12,14-15H2,1H3,(H,23,25)/b17-13+. The third kappa shape index (κ3) is 6.30. The fraction of sp³-hybridized carbons (Fsp3) is 0.409. The summed E-state index contributed by atoms with van der Waals surface area (Å²) >= 11 is 0. The molecule has 1 aliphatic rings. The van der Waals surface area contributed by atoms with Crippen LogP contribution in [0.15, 0.2) is 58.6 Å². The van der Waals surface area contributed by atoms with Gasteiger partial charge in [0.25, 0.3) is 0 Å². The molecule has 1 fully saturated rings. The fourth-order valence-corrected chi connectivity index (χ4v) is 4.65. The van der Waals surface area contributed by atoms with E-state index in [1.54, 1.807) is 12.3 Å². The van der Waals surface area contributed by atoms with Gasteiger partial charge in [0.1, 0.15) is 5.76 Å². The summed E-state index contributed by atoms with van der Waals surface area (Å²) in [4.78, 5) is 12.5. The van der Waals surface area contributed by atoms with E-state index in [4.69, 9.17) is 4.42 Å². The highest BCUT2D eigenvalue weighted by Gasteiger charge is 2.30. The van der Waals surface area contributed by atoms with E-state index in [1.165, 1.54) is 9.71 Å². The summed E-state index contributed by atoms with van der Waals surface area (Å²) < 4.78 is 31.9. The van der Waals surface area contributed by atoms with Crippen LogP contribution in [0.25, 0.3) is 6.08 Å². The maximum Gasteiger partial charge on any atom is 0.236 e. The molecule has 0 radical (unpaired) electrons. The molecule has 0 saturated carbocycles. The summed E-state index contributed by atoms with van der Waals surface area (Å²) in [5.74, 6) is 0.771. The quantitative estimate of drug-likeness (QED) is 0.715. The second-order valence-electron chi connectivity index (χ2n) is 7.46. The molecule has 29 heavy (non-hydrogen) atoms. The Morgan fingerprint density at radius 1 is 1.21 bits per heavy atom. The van der Waals surface area contributed by atoms with Gasteiger partial charge in [-0.15, -0.1) is 0 Å². The van der Waals surface area contributed by atoms with Crippen LogP contribution < -0.4 is 5.32 Å². The highest BCUT2D eigenvalue weighted by atomic mass is 32.2. The highest BCUT2D eigenvalue weighted by Crippen LogP contribution is 2.21. The number of carbonyl (C=O) groups excluding carboxylic acids is 1. The third-order valence-electron chi connectivity index (χ3n) is 5.21. The van der Waals surface area contributed by atoms with Crippen LogP contribution in [0.2, 0.25) is 0 Å². The van der Waals surface area contributed by atoms with Gasteiger partial charge in [0.2, 0.25) is 15.9 Å². The second-order valence-corrected chi connectivity index (χ2v) is 9.28. The molecule has 6 nitrogen and oxygen atoms in total. The van der Waals surface area contributed by atoms with Crippen LogP contribution in [-0.2, 0) is 21.2 Å². The zero-order chi connectivity index (χ0) is 20.7. The number of benzene rings is 1. The molecule has 7 heteroatoms. The van der Waals surface area contributed by atoms with Crippen LogP contribution in [-0.4, -0.2) is 37.8 Å². The molecule has 0 aliphatic carbocycles. The van der Waals surface area contributed by atoms with Crippen molar-refractivity contribution in [2.75, 3.05) is 13.1 Å². The lowest BCUT2D eigenvalue weighted by molar-refractivity contribution is -0.126. The molecule has 0 spiro atoms. The van der Waals surface area contributed by atoms with Crippen molar-refractivity contribution in [3.63, 3.8) is 0 Å². The minimum absolute atomic E-state index is 0.00817. The smallest absolute Gasteiger partial charge is 0.236 e. The first-order chi connectivity index (χ1) is 13.9. The van der Waals surface area contributed by atoms with E-state index < -0.39 is 10.0 Å². The molecule has 3 rings (SSSR count). The summed E-state index contributed by atoms with van der Waals surface area (Å²) in [6.45, 7) is 2.70. The van der Waals surface area contributed by atoms with E-state index in [0.717, 1.165) is 24.2 Å². The van der Waals surface area contributed by atoms with Crippen molar-refractivity contribution in [1.82, 2.24) is 9.62 Å². The predicted molar refractivity (Wildman–Crippen MR) is 113 cm³/mol. The topological polar surface area (TPSA) is 79.6 Å². The number of nitrogens with zero attached hydrogens (tertiary/aromatic N) is 1. The number of hydrogen-bond donors (Lipinski definition) is 1. The molecule has 1 amide bonds. The SMILES string of the molecule is CC(CCc1ccco1)NC(=O)C1CCN(S(=O)(=O)/C=C/c2ccccc2)CC1. The highest BCUT2D eigenvalue weighted by molar-refractivity contribution is 7.92. The number of amides is 1. The Morgan fingerprint density at radius 2 is 1.93 bits per heavy atom. The lowest BCUT2D eigenvalue weighted by atomic mass is 9.96. The van der Waals surface area contributed by atoms with Crippen LogP contribution in [0.5, 0.6) is 0 Å². The third-order valence-corrected chi connectivity index (χ3v) is 6.77. The van der Waals surface area contributed by atoms with Crippen LogP contribution in [0.3, 0.4) is 0 Å². The summed E-state index contributed by atoms with van der Waals surface area (Å²) in [7, 11) is -3.48. The number of aryl methyl sites for hydroxylation is 1. The number of hydrogen-bond acceptors (Lipinski definition) is 4. The van der Waals surface area contributed by atoms with Crippen LogP contribution in [0.4, 0.5) is 0 Å². The van der Waals surface area contributed by atoms with Crippen molar-refractivity contribution in [2.45, 2.75) is 38.6 Å². The average Bonchev–Trinajstić information content (AvgIpc) is 3.25. The largest absolute Gasteiger partial charge is 0.469 e. The average molecular weight is 417 g/mol. The monoisotopic (exact) mass is 416 g/mol. The number of furan rings is 1. The molecule has 156 valence electrons. The molecular weight excluding hydrogens is 388 g/mol. The molecule has 1 N–H and O–H groups in total. The van der Waals surface area contributed by atoms with Gasteiger partial charge in [-0.3, -0.25) is 4.79 Å². The molecule has 2 aromatic rings. The molecular formula is C22H28N2O4S. The first kappa shape index (κ1) is 21.3. The number of rotatable bonds is 8. The Labute approximate surface area is 172 Å². The summed E-state index contributed by atoms with van der Waals surface area (Å²) in [5, 5.41) is 4.30. The van der Waals surface area contributed by atoms with Gasteiger partial charge in [0.15, 0.2) is 0 Å². The summed E-state index contributed by atoms with van der Waals surface area (Å²) in [6, 6.07) is 13.2. The van der Waals surface area contributed by atoms with Gasteiger partial charge in [-0.2, -0.15) is 4.31 Å². The molecule has 1 unspecified atom stereocenters.